The molecule has 1 heterocycles. The predicted octanol–water partition coefficient (Wildman–Crippen LogP) is 3.39. The average Bonchev–Trinajstić information content (AvgIpc) is 3.18. The summed E-state index contributed by atoms with van der Waals surface area (Å²) in [5, 5.41) is 6.94. The molecular formula is C15H24N4. The SMILES string of the molecule is CCCNc1cc(NC2CC(C)C2)nc(C2CC2)n1. The van der Waals surface area contributed by atoms with E-state index < -0.39 is 0 Å². The van der Waals surface area contributed by atoms with E-state index in [-0.39, 0.29) is 0 Å². The minimum atomic E-state index is 0.601. The smallest absolute Gasteiger partial charge is 0.136 e. The van der Waals surface area contributed by atoms with E-state index in [1.54, 1.807) is 0 Å². The molecule has 4 nitrogen and oxygen atoms in total. The van der Waals surface area contributed by atoms with Crippen molar-refractivity contribution in [2.75, 3.05) is 17.2 Å². The third-order valence-electron chi connectivity index (χ3n) is 3.97. The van der Waals surface area contributed by atoms with E-state index in [0.717, 1.165) is 36.3 Å². The fourth-order valence-electron chi connectivity index (χ4n) is 2.64. The summed E-state index contributed by atoms with van der Waals surface area (Å²) in [4.78, 5) is 9.32. The Kier molecular flexibility index (Phi) is 3.58. The van der Waals surface area contributed by atoms with Crippen molar-refractivity contribution in [3.63, 3.8) is 0 Å². The quantitative estimate of drug-likeness (QED) is 0.823. The Bertz CT molecular complexity index is 436. The molecular weight excluding hydrogens is 236 g/mol. The van der Waals surface area contributed by atoms with E-state index in [4.69, 9.17) is 0 Å². The van der Waals surface area contributed by atoms with Gasteiger partial charge in [-0.3, -0.25) is 0 Å². The lowest BCUT2D eigenvalue weighted by atomic mass is 9.82. The molecule has 0 bridgehead atoms. The summed E-state index contributed by atoms with van der Waals surface area (Å²) in [6.07, 6.45) is 6.14. The maximum atomic E-state index is 4.69. The second-order valence-electron chi connectivity index (χ2n) is 6.12. The summed E-state index contributed by atoms with van der Waals surface area (Å²) >= 11 is 0. The topological polar surface area (TPSA) is 49.8 Å². The van der Waals surface area contributed by atoms with Gasteiger partial charge in [0, 0.05) is 24.6 Å². The molecule has 2 N–H and O–H groups in total. The second kappa shape index (κ2) is 5.35. The zero-order valence-corrected chi connectivity index (χ0v) is 11.9. The van der Waals surface area contributed by atoms with Crippen LogP contribution in [0.15, 0.2) is 6.07 Å². The van der Waals surface area contributed by atoms with Crippen LogP contribution < -0.4 is 10.6 Å². The van der Waals surface area contributed by atoms with Crippen LogP contribution in [0.4, 0.5) is 11.6 Å². The van der Waals surface area contributed by atoms with Crippen molar-refractivity contribution >= 4 is 11.6 Å². The van der Waals surface area contributed by atoms with Crippen molar-refractivity contribution in [2.45, 2.75) is 57.9 Å². The van der Waals surface area contributed by atoms with Crippen molar-refractivity contribution in [3.8, 4) is 0 Å². The summed E-state index contributed by atoms with van der Waals surface area (Å²) in [6.45, 7) is 5.45. The van der Waals surface area contributed by atoms with Gasteiger partial charge in [-0.05, 0) is 38.0 Å². The first-order valence-electron chi connectivity index (χ1n) is 7.64. The van der Waals surface area contributed by atoms with Gasteiger partial charge in [-0.15, -0.1) is 0 Å². The van der Waals surface area contributed by atoms with Crippen LogP contribution in [-0.2, 0) is 0 Å². The van der Waals surface area contributed by atoms with Crippen molar-refractivity contribution < 1.29 is 0 Å². The number of hydrogen-bond acceptors (Lipinski definition) is 4. The van der Waals surface area contributed by atoms with E-state index in [1.165, 1.54) is 25.7 Å². The number of aromatic nitrogens is 2. The van der Waals surface area contributed by atoms with E-state index in [0.29, 0.717) is 12.0 Å². The number of hydrogen-bond donors (Lipinski definition) is 2. The average molecular weight is 260 g/mol. The molecule has 0 aliphatic heterocycles. The van der Waals surface area contributed by atoms with Crippen LogP contribution in [0, 0.1) is 5.92 Å². The Morgan fingerprint density at radius 1 is 1.21 bits per heavy atom. The molecule has 0 spiro atoms. The first-order valence-corrected chi connectivity index (χ1v) is 7.64. The van der Waals surface area contributed by atoms with Gasteiger partial charge in [0.2, 0.25) is 0 Å². The highest BCUT2D eigenvalue weighted by atomic mass is 15.1. The van der Waals surface area contributed by atoms with Crippen LogP contribution in [-0.4, -0.2) is 22.6 Å². The normalized spacial score (nSPS) is 25.8. The predicted molar refractivity (Wildman–Crippen MR) is 78.6 cm³/mol. The van der Waals surface area contributed by atoms with Crippen LogP contribution in [0.25, 0.3) is 0 Å². The monoisotopic (exact) mass is 260 g/mol. The molecule has 2 saturated carbocycles. The van der Waals surface area contributed by atoms with Gasteiger partial charge in [-0.1, -0.05) is 13.8 Å². The summed E-state index contributed by atoms with van der Waals surface area (Å²) in [7, 11) is 0. The van der Waals surface area contributed by atoms with Crippen LogP contribution >= 0.6 is 0 Å². The second-order valence-corrected chi connectivity index (χ2v) is 6.12. The summed E-state index contributed by atoms with van der Waals surface area (Å²) in [6, 6.07) is 2.67. The first kappa shape index (κ1) is 12.7. The Labute approximate surface area is 115 Å². The minimum absolute atomic E-state index is 0.601. The highest BCUT2D eigenvalue weighted by molar-refractivity contribution is 5.49. The highest BCUT2D eigenvalue weighted by Gasteiger charge is 2.29. The third kappa shape index (κ3) is 3.17. The van der Waals surface area contributed by atoms with Gasteiger partial charge in [0.25, 0.3) is 0 Å². The Balaban J connectivity index is 1.71. The molecule has 0 aromatic carbocycles. The lowest BCUT2D eigenvalue weighted by Crippen LogP contribution is -2.34. The van der Waals surface area contributed by atoms with Crippen molar-refractivity contribution in [3.05, 3.63) is 11.9 Å². The van der Waals surface area contributed by atoms with Crippen molar-refractivity contribution in [2.24, 2.45) is 5.92 Å². The Morgan fingerprint density at radius 2 is 1.95 bits per heavy atom. The molecule has 2 aliphatic rings. The van der Waals surface area contributed by atoms with Crippen molar-refractivity contribution in [1.29, 1.82) is 0 Å². The fraction of sp³-hybridized carbons (Fsp3) is 0.733. The minimum Gasteiger partial charge on any atom is -0.370 e. The summed E-state index contributed by atoms with van der Waals surface area (Å²) in [5.41, 5.74) is 0. The van der Waals surface area contributed by atoms with Crippen LogP contribution in [0.1, 0.15) is 57.7 Å². The molecule has 2 aliphatic carbocycles. The molecule has 0 unspecified atom stereocenters. The maximum absolute atomic E-state index is 4.69. The maximum Gasteiger partial charge on any atom is 0.136 e. The zero-order chi connectivity index (χ0) is 13.2. The summed E-state index contributed by atoms with van der Waals surface area (Å²) < 4.78 is 0. The van der Waals surface area contributed by atoms with E-state index in [2.05, 4.69) is 40.5 Å². The lowest BCUT2D eigenvalue weighted by molar-refractivity contribution is 0.308. The fourth-order valence-corrected chi connectivity index (χ4v) is 2.64. The Hall–Kier alpha value is -1.32. The molecule has 104 valence electrons. The molecule has 0 radical (unpaired) electrons. The van der Waals surface area contributed by atoms with Crippen LogP contribution in [0.2, 0.25) is 0 Å². The van der Waals surface area contributed by atoms with E-state index in [1.807, 2.05) is 0 Å². The number of nitrogens with one attached hydrogen (secondary N) is 2. The van der Waals surface area contributed by atoms with Gasteiger partial charge in [0.1, 0.15) is 17.5 Å². The number of anilines is 2. The van der Waals surface area contributed by atoms with Crippen LogP contribution in [0.3, 0.4) is 0 Å². The highest BCUT2D eigenvalue weighted by Crippen LogP contribution is 2.39. The molecule has 4 heteroatoms. The van der Waals surface area contributed by atoms with E-state index >= 15 is 0 Å². The van der Waals surface area contributed by atoms with Gasteiger partial charge in [0.15, 0.2) is 0 Å². The molecule has 0 atom stereocenters. The third-order valence-corrected chi connectivity index (χ3v) is 3.97. The molecule has 2 fully saturated rings. The molecule has 19 heavy (non-hydrogen) atoms. The molecule has 3 rings (SSSR count). The van der Waals surface area contributed by atoms with Crippen LogP contribution in [0.5, 0.6) is 0 Å². The van der Waals surface area contributed by atoms with Gasteiger partial charge in [0.05, 0.1) is 0 Å². The molecule has 1 aromatic rings. The first-order chi connectivity index (χ1) is 9.24. The molecule has 0 amide bonds. The standard InChI is InChI=1S/C15H24N4/c1-3-6-16-13-9-14(17-12-7-10(2)8-12)19-15(18-13)11-4-5-11/h9-12H,3-8H2,1-2H3,(H2,16,17,18,19). The van der Waals surface area contributed by atoms with Gasteiger partial charge in [-0.25, -0.2) is 9.97 Å². The van der Waals surface area contributed by atoms with Gasteiger partial charge >= 0.3 is 0 Å². The zero-order valence-electron chi connectivity index (χ0n) is 11.9. The molecule has 0 saturated heterocycles. The summed E-state index contributed by atoms with van der Waals surface area (Å²) in [5.74, 6) is 4.47. The lowest BCUT2D eigenvalue weighted by Gasteiger charge is -2.33. The number of rotatable bonds is 6. The Morgan fingerprint density at radius 3 is 2.58 bits per heavy atom. The van der Waals surface area contributed by atoms with Crippen molar-refractivity contribution in [1.82, 2.24) is 9.97 Å². The number of nitrogens with zero attached hydrogens (tertiary/aromatic N) is 2. The van der Waals surface area contributed by atoms with E-state index in [9.17, 15) is 0 Å². The largest absolute Gasteiger partial charge is 0.370 e. The van der Waals surface area contributed by atoms with Gasteiger partial charge in [-0.2, -0.15) is 0 Å². The molecule has 1 aromatic heterocycles. The van der Waals surface area contributed by atoms with Gasteiger partial charge < -0.3 is 10.6 Å².